The van der Waals surface area contributed by atoms with Gasteiger partial charge in [0, 0.05) is 43.7 Å². The molecule has 0 bridgehead atoms. The summed E-state index contributed by atoms with van der Waals surface area (Å²) in [4.78, 5) is 19.7. The van der Waals surface area contributed by atoms with E-state index in [9.17, 15) is 4.79 Å². The number of amides is 1. The van der Waals surface area contributed by atoms with Crippen molar-refractivity contribution >= 4 is 17.2 Å². The maximum absolute atomic E-state index is 13.0. The van der Waals surface area contributed by atoms with Crippen LogP contribution in [-0.2, 0) is 11.8 Å². The third-order valence-corrected chi connectivity index (χ3v) is 7.09. The number of aryl methyl sites for hydroxylation is 1. The number of aromatic nitrogens is 5. The van der Waals surface area contributed by atoms with Gasteiger partial charge in [-0.2, -0.15) is 10.2 Å². The summed E-state index contributed by atoms with van der Waals surface area (Å²) in [6.45, 7) is 3.43. The molecule has 3 aromatic heterocycles. The van der Waals surface area contributed by atoms with Gasteiger partial charge in [0.15, 0.2) is 5.82 Å². The van der Waals surface area contributed by atoms with Crippen LogP contribution in [-0.4, -0.2) is 43.4 Å². The van der Waals surface area contributed by atoms with Crippen LogP contribution in [0.3, 0.4) is 0 Å². The van der Waals surface area contributed by atoms with Gasteiger partial charge >= 0.3 is 0 Å². The smallest absolute Gasteiger partial charge is 0.227 e. The number of rotatable bonds is 7. The Morgan fingerprint density at radius 1 is 1.12 bits per heavy atom. The van der Waals surface area contributed by atoms with E-state index in [2.05, 4.69) is 62.7 Å². The van der Waals surface area contributed by atoms with Crippen molar-refractivity contribution in [3.8, 4) is 11.1 Å². The van der Waals surface area contributed by atoms with Crippen molar-refractivity contribution in [3.63, 3.8) is 0 Å². The topological polar surface area (TPSA) is 80.3 Å². The van der Waals surface area contributed by atoms with E-state index < -0.39 is 0 Å². The molecule has 34 heavy (non-hydrogen) atoms. The van der Waals surface area contributed by atoms with Crippen molar-refractivity contribution in [3.05, 3.63) is 66.4 Å². The van der Waals surface area contributed by atoms with Crippen molar-refractivity contribution in [1.29, 1.82) is 0 Å². The number of hydrogen-bond donors (Lipinski definition) is 1. The van der Waals surface area contributed by atoms with E-state index in [4.69, 9.17) is 0 Å². The molecular weight excluding hydrogens is 426 g/mol. The second-order valence-electron chi connectivity index (χ2n) is 9.56. The molecule has 174 valence electrons. The molecule has 1 aliphatic heterocycles. The third kappa shape index (κ3) is 3.83. The van der Waals surface area contributed by atoms with Crippen molar-refractivity contribution in [2.24, 2.45) is 13.0 Å². The molecule has 4 aromatic rings. The van der Waals surface area contributed by atoms with Gasteiger partial charge in [0.2, 0.25) is 5.91 Å². The summed E-state index contributed by atoms with van der Waals surface area (Å²) in [5.41, 5.74) is 5.62. The summed E-state index contributed by atoms with van der Waals surface area (Å²) in [7, 11) is 1.90. The molecule has 8 nitrogen and oxygen atoms in total. The van der Waals surface area contributed by atoms with Gasteiger partial charge in [0.25, 0.3) is 0 Å². The Labute approximate surface area is 198 Å². The first kappa shape index (κ1) is 20.9. The van der Waals surface area contributed by atoms with Gasteiger partial charge in [-0.15, -0.1) is 0 Å². The fourth-order valence-corrected chi connectivity index (χ4v) is 4.83. The van der Waals surface area contributed by atoms with Crippen LogP contribution in [0.25, 0.3) is 16.6 Å². The normalized spacial score (nSPS) is 17.1. The Kier molecular flexibility index (Phi) is 5.08. The Morgan fingerprint density at radius 2 is 1.91 bits per heavy atom. The highest BCUT2D eigenvalue weighted by atomic mass is 16.2. The molecule has 0 unspecified atom stereocenters. The Balaban J connectivity index is 1.12. The number of nitrogens with zero attached hydrogens (tertiary/aromatic N) is 6. The molecule has 2 aliphatic rings. The third-order valence-electron chi connectivity index (χ3n) is 7.09. The Morgan fingerprint density at radius 3 is 2.59 bits per heavy atom. The molecule has 4 heterocycles. The summed E-state index contributed by atoms with van der Waals surface area (Å²) in [5.74, 6) is 1.68. The summed E-state index contributed by atoms with van der Waals surface area (Å²) in [5, 5.41) is 11.9. The fourth-order valence-electron chi connectivity index (χ4n) is 4.83. The number of benzene rings is 1. The highest BCUT2D eigenvalue weighted by Crippen LogP contribution is 2.40. The zero-order valence-electron chi connectivity index (χ0n) is 19.6. The van der Waals surface area contributed by atoms with Crippen molar-refractivity contribution in [2.45, 2.75) is 38.1 Å². The molecule has 1 amide bonds. The highest BCUT2D eigenvalue weighted by molar-refractivity contribution is 5.84. The van der Waals surface area contributed by atoms with Crippen LogP contribution in [0.1, 0.15) is 49.3 Å². The van der Waals surface area contributed by atoms with Crippen LogP contribution in [0.2, 0.25) is 0 Å². The van der Waals surface area contributed by atoms with E-state index in [0.717, 1.165) is 34.8 Å². The number of hydrogen-bond acceptors (Lipinski definition) is 5. The van der Waals surface area contributed by atoms with Gasteiger partial charge in [-0.05, 0) is 42.4 Å². The minimum atomic E-state index is -0.0393. The van der Waals surface area contributed by atoms with Crippen molar-refractivity contribution < 1.29 is 4.79 Å². The van der Waals surface area contributed by atoms with E-state index in [1.54, 1.807) is 11.0 Å². The van der Waals surface area contributed by atoms with Gasteiger partial charge in [0.05, 0.1) is 18.2 Å². The molecule has 0 radical (unpaired) electrons. The zero-order chi connectivity index (χ0) is 23.2. The first-order valence-electron chi connectivity index (χ1n) is 12.1. The van der Waals surface area contributed by atoms with Crippen LogP contribution in [0, 0.1) is 5.92 Å². The SMILES string of the molecule is CC[C@H](NC(=O)C1CN(c2ncnn3cc(-c4cnn(C)c4)cc23)C1)c1ccc(C2CC2)cc1. The lowest BCUT2D eigenvalue weighted by atomic mass is 9.96. The summed E-state index contributed by atoms with van der Waals surface area (Å²) in [6.07, 6.45) is 10.9. The Hall–Kier alpha value is -3.68. The molecule has 6 rings (SSSR count). The molecule has 1 atom stereocenters. The van der Waals surface area contributed by atoms with E-state index in [1.807, 2.05) is 30.2 Å². The monoisotopic (exact) mass is 455 g/mol. The van der Waals surface area contributed by atoms with Crippen LogP contribution in [0.5, 0.6) is 0 Å². The number of fused-ring (bicyclic) bond motifs is 1. The first-order chi connectivity index (χ1) is 16.6. The molecule has 2 fully saturated rings. The first-order valence-corrected chi connectivity index (χ1v) is 12.1. The molecule has 1 saturated heterocycles. The number of nitrogens with one attached hydrogen (secondary N) is 1. The molecule has 8 heteroatoms. The van der Waals surface area contributed by atoms with E-state index in [-0.39, 0.29) is 17.9 Å². The van der Waals surface area contributed by atoms with Gasteiger partial charge < -0.3 is 10.2 Å². The maximum Gasteiger partial charge on any atom is 0.227 e. The summed E-state index contributed by atoms with van der Waals surface area (Å²) in [6, 6.07) is 10.9. The van der Waals surface area contributed by atoms with Gasteiger partial charge in [-0.3, -0.25) is 9.48 Å². The van der Waals surface area contributed by atoms with Crippen molar-refractivity contribution in [2.75, 3.05) is 18.0 Å². The van der Waals surface area contributed by atoms with Crippen LogP contribution >= 0.6 is 0 Å². The van der Waals surface area contributed by atoms with Crippen molar-refractivity contribution in [1.82, 2.24) is 29.7 Å². The van der Waals surface area contributed by atoms with E-state index in [0.29, 0.717) is 13.1 Å². The maximum atomic E-state index is 13.0. The standard InChI is InChI=1S/C26H29N7O/c1-3-23(19-8-6-18(7-9-19)17-4-5-17)30-26(34)22-13-32(14-22)25-24-10-20(15-33(24)29-16-27-25)21-11-28-31(2)12-21/h6-12,15-17,22-23H,3-5,13-14H2,1-2H3,(H,30,34)/t23-/m0/s1. The number of carbonyl (C=O) groups is 1. The quantitative estimate of drug-likeness (QED) is 0.460. The second-order valence-corrected chi connectivity index (χ2v) is 9.56. The lowest BCUT2D eigenvalue weighted by Gasteiger charge is -2.39. The number of carbonyl (C=O) groups excluding carboxylic acids is 1. The van der Waals surface area contributed by atoms with E-state index >= 15 is 0 Å². The van der Waals surface area contributed by atoms with Crippen LogP contribution < -0.4 is 10.2 Å². The van der Waals surface area contributed by atoms with Gasteiger partial charge in [-0.1, -0.05) is 31.2 Å². The zero-order valence-corrected chi connectivity index (χ0v) is 19.6. The lowest BCUT2D eigenvalue weighted by Crippen LogP contribution is -2.54. The minimum Gasteiger partial charge on any atom is -0.353 e. The predicted molar refractivity (Wildman–Crippen MR) is 130 cm³/mol. The molecular formula is C26H29N7O. The lowest BCUT2D eigenvalue weighted by molar-refractivity contribution is -0.126. The van der Waals surface area contributed by atoms with Crippen LogP contribution in [0.4, 0.5) is 5.82 Å². The van der Waals surface area contributed by atoms with E-state index in [1.165, 1.54) is 24.0 Å². The summed E-state index contributed by atoms with van der Waals surface area (Å²) >= 11 is 0. The molecule has 1 aromatic carbocycles. The molecule has 1 N–H and O–H groups in total. The highest BCUT2D eigenvalue weighted by Gasteiger charge is 2.35. The second kappa shape index (κ2) is 8.27. The Bertz CT molecular complexity index is 1330. The minimum absolute atomic E-state index is 0.0393. The summed E-state index contributed by atoms with van der Waals surface area (Å²) < 4.78 is 3.63. The van der Waals surface area contributed by atoms with Gasteiger partial charge in [0.1, 0.15) is 11.8 Å². The van der Waals surface area contributed by atoms with Gasteiger partial charge in [-0.25, -0.2) is 9.50 Å². The largest absolute Gasteiger partial charge is 0.353 e. The van der Waals surface area contributed by atoms with Crippen LogP contribution in [0.15, 0.2) is 55.2 Å². The average Bonchev–Trinajstić information content (AvgIpc) is 3.42. The molecule has 1 saturated carbocycles. The predicted octanol–water partition coefficient (Wildman–Crippen LogP) is 3.71. The molecule has 0 spiro atoms. The fraction of sp³-hybridized carbons (Fsp3) is 0.385. The molecule has 1 aliphatic carbocycles. The number of anilines is 1. The average molecular weight is 456 g/mol.